The molecule has 0 radical (unpaired) electrons. The van der Waals surface area contributed by atoms with Crippen LogP contribution in [0.5, 0.6) is 0 Å². The van der Waals surface area contributed by atoms with Crippen LogP contribution in [0.3, 0.4) is 0 Å². The first-order chi connectivity index (χ1) is 9.28. The van der Waals surface area contributed by atoms with Crippen LogP contribution in [0.4, 0.5) is 4.79 Å². The molecule has 1 aromatic heterocycles. The molecule has 112 valence electrons. The number of amides is 2. The average Bonchev–Trinajstić information content (AvgIpc) is 2.77. The number of carboxylic acids is 1. The molecule has 0 fully saturated rings. The Hall–Kier alpha value is -1.60. The molecule has 2 unspecified atom stereocenters. The van der Waals surface area contributed by atoms with Crippen LogP contribution < -0.4 is 10.6 Å². The predicted octanol–water partition coefficient (Wildman–Crippen LogP) is 1.20. The summed E-state index contributed by atoms with van der Waals surface area (Å²) in [6.07, 6.45) is 0.306. The summed E-state index contributed by atoms with van der Waals surface area (Å²) in [5.41, 5.74) is -0.305. The molecule has 4 N–H and O–H groups in total. The monoisotopic (exact) mass is 300 g/mol. The topological polar surface area (TPSA) is 98.7 Å². The highest BCUT2D eigenvalue weighted by Gasteiger charge is 2.24. The van der Waals surface area contributed by atoms with Crippen LogP contribution in [0.2, 0.25) is 0 Å². The Balaban J connectivity index is 2.31. The standard InChI is InChI=1S/C13H20N2O4S/c1-9(5-10-3-4-20-7-10)15-12(18)14-8-13(2,19)6-11(16)17/h3-4,7,9,19H,5-6,8H2,1-2H3,(H,16,17)(H2,14,15,18). The number of urea groups is 1. The van der Waals surface area contributed by atoms with Crippen LogP contribution in [0.15, 0.2) is 16.8 Å². The minimum Gasteiger partial charge on any atom is -0.481 e. The molecular formula is C13H20N2O4S. The Morgan fingerprint density at radius 1 is 1.50 bits per heavy atom. The van der Waals surface area contributed by atoms with E-state index in [-0.39, 0.29) is 12.6 Å². The first kappa shape index (κ1) is 16.5. The smallest absolute Gasteiger partial charge is 0.315 e. The van der Waals surface area contributed by atoms with Gasteiger partial charge < -0.3 is 20.8 Å². The summed E-state index contributed by atoms with van der Waals surface area (Å²) in [4.78, 5) is 22.2. The summed E-state index contributed by atoms with van der Waals surface area (Å²) >= 11 is 1.60. The van der Waals surface area contributed by atoms with Crippen molar-refractivity contribution in [2.75, 3.05) is 6.54 Å². The Bertz CT molecular complexity index is 445. The fraction of sp³-hybridized carbons (Fsp3) is 0.538. The molecule has 1 heterocycles. The van der Waals surface area contributed by atoms with Gasteiger partial charge in [-0.05, 0) is 42.7 Å². The van der Waals surface area contributed by atoms with Gasteiger partial charge in [-0.15, -0.1) is 0 Å². The first-order valence-corrected chi connectivity index (χ1v) is 7.22. The molecule has 0 saturated carbocycles. The summed E-state index contributed by atoms with van der Waals surface area (Å²) < 4.78 is 0. The van der Waals surface area contributed by atoms with E-state index in [9.17, 15) is 14.7 Å². The highest BCUT2D eigenvalue weighted by atomic mass is 32.1. The minimum absolute atomic E-state index is 0.0472. The van der Waals surface area contributed by atoms with E-state index in [4.69, 9.17) is 5.11 Å². The Kier molecular flexibility index (Phi) is 5.97. The second-order valence-corrected chi connectivity index (χ2v) is 5.91. The third-order valence-electron chi connectivity index (χ3n) is 2.66. The van der Waals surface area contributed by atoms with Gasteiger partial charge in [-0.2, -0.15) is 11.3 Å². The van der Waals surface area contributed by atoms with Crippen LogP contribution in [0.25, 0.3) is 0 Å². The number of rotatable bonds is 7. The maximum atomic E-state index is 11.6. The summed E-state index contributed by atoms with van der Waals surface area (Å²) in [7, 11) is 0. The second kappa shape index (κ2) is 7.25. The third kappa shape index (κ3) is 6.53. The summed E-state index contributed by atoms with van der Waals surface area (Å²) in [6.45, 7) is 3.14. The number of aliphatic hydroxyl groups is 1. The molecule has 0 bridgehead atoms. The van der Waals surface area contributed by atoms with Gasteiger partial charge in [0, 0.05) is 12.6 Å². The molecule has 6 nitrogen and oxygen atoms in total. The van der Waals surface area contributed by atoms with E-state index in [0.717, 1.165) is 12.0 Å². The zero-order valence-corrected chi connectivity index (χ0v) is 12.4. The van der Waals surface area contributed by atoms with E-state index in [1.807, 2.05) is 23.8 Å². The molecule has 7 heteroatoms. The van der Waals surface area contributed by atoms with Gasteiger partial charge in [-0.1, -0.05) is 0 Å². The average molecular weight is 300 g/mol. The number of hydrogen-bond acceptors (Lipinski definition) is 4. The molecule has 2 amide bonds. The Morgan fingerprint density at radius 3 is 2.75 bits per heavy atom. The molecule has 0 aliphatic carbocycles. The van der Waals surface area contributed by atoms with E-state index >= 15 is 0 Å². The maximum absolute atomic E-state index is 11.6. The normalized spacial score (nSPS) is 15.2. The summed E-state index contributed by atoms with van der Waals surface area (Å²) in [6, 6.07) is 1.53. The molecule has 0 aliphatic rings. The Labute approximate surface area is 121 Å². The lowest BCUT2D eigenvalue weighted by Crippen LogP contribution is -2.48. The van der Waals surface area contributed by atoms with Gasteiger partial charge in [0.15, 0.2) is 0 Å². The fourth-order valence-corrected chi connectivity index (χ4v) is 2.43. The van der Waals surface area contributed by atoms with Gasteiger partial charge in [0.2, 0.25) is 0 Å². The van der Waals surface area contributed by atoms with Crippen LogP contribution in [-0.4, -0.2) is 40.4 Å². The number of hydrogen-bond donors (Lipinski definition) is 4. The van der Waals surface area contributed by atoms with Crippen LogP contribution in [0, 0.1) is 0 Å². The van der Waals surface area contributed by atoms with E-state index in [0.29, 0.717) is 0 Å². The van der Waals surface area contributed by atoms with Crippen molar-refractivity contribution >= 4 is 23.3 Å². The van der Waals surface area contributed by atoms with Gasteiger partial charge in [0.25, 0.3) is 0 Å². The number of carbonyl (C=O) groups excluding carboxylic acids is 1. The zero-order chi connectivity index (χ0) is 15.2. The van der Waals surface area contributed by atoms with E-state index < -0.39 is 24.0 Å². The predicted molar refractivity (Wildman–Crippen MR) is 76.9 cm³/mol. The van der Waals surface area contributed by atoms with Crippen molar-refractivity contribution in [2.45, 2.75) is 38.3 Å². The molecule has 1 rings (SSSR count). The van der Waals surface area contributed by atoms with Crippen LogP contribution >= 0.6 is 11.3 Å². The van der Waals surface area contributed by atoms with Gasteiger partial charge in [0.1, 0.15) is 0 Å². The number of aliphatic carboxylic acids is 1. The van der Waals surface area contributed by atoms with Crippen molar-refractivity contribution in [1.82, 2.24) is 10.6 Å². The largest absolute Gasteiger partial charge is 0.481 e. The zero-order valence-electron chi connectivity index (χ0n) is 11.5. The van der Waals surface area contributed by atoms with Gasteiger partial charge in [0.05, 0.1) is 12.0 Å². The van der Waals surface area contributed by atoms with Crippen LogP contribution in [-0.2, 0) is 11.2 Å². The number of thiophene rings is 1. The molecule has 1 aromatic rings. The highest BCUT2D eigenvalue weighted by molar-refractivity contribution is 7.07. The second-order valence-electron chi connectivity index (χ2n) is 5.13. The van der Waals surface area contributed by atoms with E-state index in [2.05, 4.69) is 10.6 Å². The van der Waals surface area contributed by atoms with E-state index in [1.54, 1.807) is 11.3 Å². The van der Waals surface area contributed by atoms with Gasteiger partial charge >= 0.3 is 12.0 Å². The molecule has 20 heavy (non-hydrogen) atoms. The molecule has 0 aliphatic heterocycles. The van der Waals surface area contributed by atoms with Crippen molar-refractivity contribution in [1.29, 1.82) is 0 Å². The lowest BCUT2D eigenvalue weighted by Gasteiger charge is -2.22. The van der Waals surface area contributed by atoms with E-state index in [1.165, 1.54) is 6.92 Å². The number of nitrogens with one attached hydrogen (secondary N) is 2. The lowest BCUT2D eigenvalue weighted by molar-refractivity contribution is -0.141. The van der Waals surface area contributed by atoms with Crippen LogP contribution in [0.1, 0.15) is 25.8 Å². The molecule has 2 atom stereocenters. The summed E-state index contributed by atoms with van der Waals surface area (Å²) in [5, 5.41) is 27.6. The summed E-state index contributed by atoms with van der Waals surface area (Å²) in [5.74, 6) is -1.11. The van der Waals surface area contributed by atoms with Crippen molar-refractivity contribution in [2.24, 2.45) is 0 Å². The third-order valence-corrected chi connectivity index (χ3v) is 3.39. The van der Waals surface area contributed by atoms with Gasteiger partial charge in [-0.25, -0.2) is 4.79 Å². The molecule has 0 aromatic carbocycles. The van der Waals surface area contributed by atoms with Crippen molar-refractivity contribution < 1.29 is 19.8 Å². The first-order valence-electron chi connectivity index (χ1n) is 6.28. The van der Waals surface area contributed by atoms with Crippen molar-refractivity contribution in [3.05, 3.63) is 22.4 Å². The number of carbonyl (C=O) groups is 2. The van der Waals surface area contributed by atoms with Gasteiger partial charge in [-0.3, -0.25) is 4.79 Å². The minimum atomic E-state index is -1.46. The molecule has 0 saturated heterocycles. The fourth-order valence-electron chi connectivity index (χ4n) is 1.75. The van der Waals surface area contributed by atoms with Crippen molar-refractivity contribution in [3.63, 3.8) is 0 Å². The maximum Gasteiger partial charge on any atom is 0.315 e. The molecular weight excluding hydrogens is 280 g/mol. The van der Waals surface area contributed by atoms with Crippen molar-refractivity contribution in [3.8, 4) is 0 Å². The lowest BCUT2D eigenvalue weighted by atomic mass is 10.0. The number of carboxylic acid groups (broad SMARTS) is 1. The highest BCUT2D eigenvalue weighted by Crippen LogP contribution is 2.09. The SMILES string of the molecule is CC(Cc1ccsc1)NC(=O)NCC(C)(O)CC(=O)O. The quantitative estimate of drug-likeness (QED) is 0.608. The Morgan fingerprint density at radius 2 is 2.20 bits per heavy atom. The molecule has 0 spiro atoms.